The van der Waals surface area contributed by atoms with Crippen LogP contribution in [0.3, 0.4) is 0 Å². The number of ether oxygens (including phenoxy) is 2. The molecule has 2 heterocycles. The molecule has 1 aliphatic heterocycles. The molecule has 0 spiro atoms. The minimum atomic E-state index is -0.981. The molecule has 1 saturated heterocycles. The average molecular weight is 398 g/mol. The second kappa shape index (κ2) is 7.45. The number of rotatable bonds is 4. The predicted octanol–water partition coefficient (Wildman–Crippen LogP) is 5.78. The van der Waals surface area contributed by atoms with E-state index in [1.54, 1.807) is 6.07 Å². The fourth-order valence-corrected chi connectivity index (χ4v) is 4.32. The van der Waals surface area contributed by atoms with Crippen molar-refractivity contribution in [1.29, 1.82) is 0 Å². The smallest absolute Gasteiger partial charge is 0.336 e. The van der Waals surface area contributed by atoms with Crippen LogP contribution < -0.4 is 4.74 Å². The zero-order valence-corrected chi connectivity index (χ0v) is 18.4. The Kier molecular flexibility index (Phi) is 5.48. The Balaban J connectivity index is 2.14. The molecular weight excluding hydrogens is 366 g/mol. The normalized spacial score (nSPS) is 19.3. The zero-order chi connectivity index (χ0) is 21.6. The van der Waals surface area contributed by atoms with Crippen LogP contribution in [0.25, 0.3) is 16.5 Å². The van der Waals surface area contributed by atoms with E-state index in [0.29, 0.717) is 22.3 Å². The fourth-order valence-electron chi connectivity index (χ4n) is 4.32. The van der Waals surface area contributed by atoms with Gasteiger partial charge in [0.15, 0.2) is 0 Å². The Morgan fingerprint density at radius 3 is 2.41 bits per heavy atom. The molecule has 3 rings (SSSR count). The van der Waals surface area contributed by atoms with Gasteiger partial charge in [-0.1, -0.05) is 12.1 Å². The number of fused-ring (bicyclic) bond motifs is 1. The number of pyridine rings is 1. The van der Waals surface area contributed by atoms with E-state index < -0.39 is 5.97 Å². The van der Waals surface area contributed by atoms with E-state index in [1.807, 2.05) is 39.0 Å². The lowest BCUT2D eigenvalue weighted by Crippen LogP contribution is -2.49. The van der Waals surface area contributed by atoms with Gasteiger partial charge in [-0.2, -0.15) is 0 Å². The van der Waals surface area contributed by atoms with Crippen LogP contribution in [0.5, 0.6) is 5.75 Å². The van der Waals surface area contributed by atoms with Crippen molar-refractivity contribution in [3.8, 4) is 5.75 Å². The number of aryl methyl sites for hydroxylation is 1. The molecule has 0 saturated carbocycles. The standard InChI is InChI=1S/C24H31NO4/c1-8-14(2)18-11-17(22(26)27)20-19(10-9-15(3)21(20)25-18)28-16-12-23(4,5)29-24(6,7)13-16/h8-11,16H,12-13H2,1-7H3,(H,26,27)/b14-8-. The lowest BCUT2D eigenvalue weighted by Gasteiger charge is -2.45. The van der Waals surface area contributed by atoms with Gasteiger partial charge in [0.25, 0.3) is 0 Å². The van der Waals surface area contributed by atoms with Gasteiger partial charge >= 0.3 is 5.97 Å². The number of aromatic nitrogens is 1. The third kappa shape index (κ3) is 4.45. The minimum Gasteiger partial charge on any atom is -0.489 e. The fraction of sp³-hybridized carbons (Fsp3) is 0.500. The molecule has 0 atom stereocenters. The molecule has 0 aliphatic carbocycles. The van der Waals surface area contributed by atoms with Gasteiger partial charge < -0.3 is 14.6 Å². The SMILES string of the molecule is C/C=C(/C)c1cc(C(=O)O)c2c(OC3CC(C)(C)OC(C)(C)C3)ccc(C)c2n1. The third-order valence-electron chi connectivity index (χ3n) is 5.48. The first kappa shape index (κ1) is 21.3. The average Bonchev–Trinajstić information content (AvgIpc) is 2.59. The molecule has 0 radical (unpaired) electrons. The maximum Gasteiger partial charge on any atom is 0.336 e. The highest BCUT2D eigenvalue weighted by Crippen LogP contribution is 2.39. The number of carbonyl (C=O) groups is 1. The lowest BCUT2D eigenvalue weighted by atomic mass is 9.87. The largest absolute Gasteiger partial charge is 0.489 e. The highest BCUT2D eigenvalue weighted by atomic mass is 16.5. The van der Waals surface area contributed by atoms with Gasteiger partial charge in [0.05, 0.1) is 33.4 Å². The van der Waals surface area contributed by atoms with E-state index in [9.17, 15) is 9.90 Å². The van der Waals surface area contributed by atoms with Crippen LogP contribution in [0.4, 0.5) is 0 Å². The highest BCUT2D eigenvalue weighted by molar-refractivity contribution is 6.06. The van der Waals surface area contributed by atoms with E-state index in [2.05, 4.69) is 27.7 Å². The summed E-state index contributed by atoms with van der Waals surface area (Å²) >= 11 is 0. The van der Waals surface area contributed by atoms with E-state index in [1.165, 1.54) is 0 Å². The van der Waals surface area contributed by atoms with Crippen molar-refractivity contribution < 1.29 is 19.4 Å². The number of allylic oxidation sites excluding steroid dienone is 2. The number of hydrogen-bond donors (Lipinski definition) is 1. The summed E-state index contributed by atoms with van der Waals surface area (Å²) in [4.78, 5) is 16.9. The monoisotopic (exact) mass is 397 g/mol. The Morgan fingerprint density at radius 1 is 1.24 bits per heavy atom. The van der Waals surface area contributed by atoms with Crippen LogP contribution in [0.15, 0.2) is 24.3 Å². The van der Waals surface area contributed by atoms with Crippen LogP contribution in [0.2, 0.25) is 0 Å². The second-order valence-electron chi connectivity index (χ2n) is 9.21. The summed E-state index contributed by atoms with van der Waals surface area (Å²) in [6.45, 7) is 14.0. The summed E-state index contributed by atoms with van der Waals surface area (Å²) in [5, 5.41) is 10.5. The molecule has 0 amide bonds. The number of benzene rings is 1. The quantitative estimate of drug-likeness (QED) is 0.708. The Morgan fingerprint density at radius 2 is 1.86 bits per heavy atom. The topological polar surface area (TPSA) is 68.7 Å². The van der Waals surface area contributed by atoms with E-state index in [-0.39, 0.29) is 22.9 Å². The van der Waals surface area contributed by atoms with E-state index in [4.69, 9.17) is 14.5 Å². The van der Waals surface area contributed by atoms with Gasteiger partial charge in [-0.3, -0.25) is 0 Å². The van der Waals surface area contributed by atoms with Crippen molar-refractivity contribution in [2.24, 2.45) is 0 Å². The summed E-state index contributed by atoms with van der Waals surface area (Å²) in [6, 6.07) is 5.45. The number of aromatic carboxylic acids is 1. The molecule has 0 unspecified atom stereocenters. The van der Waals surface area contributed by atoms with Crippen molar-refractivity contribution in [1.82, 2.24) is 4.98 Å². The Bertz CT molecular complexity index is 972. The molecule has 0 bridgehead atoms. The maximum absolute atomic E-state index is 12.1. The van der Waals surface area contributed by atoms with Gasteiger partial charge in [0.2, 0.25) is 0 Å². The van der Waals surface area contributed by atoms with Crippen LogP contribution in [0.1, 0.15) is 76.0 Å². The molecule has 1 fully saturated rings. The first-order valence-corrected chi connectivity index (χ1v) is 10.1. The van der Waals surface area contributed by atoms with Crippen LogP contribution >= 0.6 is 0 Å². The predicted molar refractivity (Wildman–Crippen MR) is 116 cm³/mol. The molecule has 1 aromatic heterocycles. The van der Waals surface area contributed by atoms with Gasteiger partial charge in [-0.05, 0) is 71.7 Å². The number of hydrogen-bond acceptors (Lipinski definition) is 4. The van der Waals surface area contributed by atoms with E-state index >= 15 is 0 Å². The molecule has 2 aromatic rings. The molecule has 1 aliphatic rings. The zero-order valence-electron chi connectivity index (χ0n) is 18.4. The van der Waals surface area contributed by atoms with Crippen molar-refractivity contribution in [2.75, 3.05) is 0 Å². The van der Waals surface area contributed by atoms with E-state index in [0.717, 1.165) is 24.0 Å². The molecule has 5 heteroatoms. The van der Waals surface area contributed by atoms with Gasteiger partial charge in [-0.25, -0.2) is 9.78 Å². The second-order valence-corrected chi connectivity index (χ2v) is 9.21. The van der Waals surface area contributed by atoms with Crippen LogP contribution in [0, 0.1) is 6.92 Å². The van der Waals surface area contributed by atoms with Crippen LogP contribution in [-0.2, 0) is 4.74 Å². The number of nitrogens with zero attached hydrogens (tertiary/aromatic N) is 1. The Hall–Kier alpha value is -2.40. The van der Waals surface area contributed by atoms with Gasteiger partial charge in [-0.15, -0.1) is 0 Å². The molecule has 156 valence electrons. The number of carboxylic acids is 1. The highest BCUT2D eigenvalue weighted by Gasteiger charge is 2.40. The van der Waals surface area contributed by atoms with Crippen molar-refractivity contribution >= 4 is 22.4 Å². The summed E-state index contributed by atoms with van der Waals surface area (Å²) in [7, 11) is 0. The van der Waals surface area contributed by atoms with Crippen molar-refractivity contribution in [3.05, 3.63) is 41.1 Å². The number of carboxylic acid groups (broad SMARTS) is 1. The van der Waals surface area contributed by atoms with Gasteiger partial charge in [0, 0.05) is 12.8 Å². The first-order chi connectivity index (χ1) is 13.4. The summed E-state index contributed by atoms with van der Waals surface area (Å²) in [5.74, 6) is -0.413. The summed E-state index contributed by atoms with van der Waals surface area (Å²) < 4.78 is 12.6. The minimum absolute atomic E-state index is 0.0711. The Labute approximate surface area is 172 Å². The molecule has 1 N–H and O–H groups in total. The van der Waals surface area contributed by atoms with Crippen molar-refractivity contribution in [2.45, 2.75) is 78.6 Å². The molecule has 29 heavy (non-hydrogen) atoms. The van der Waals surface area contributed by atoms with Crippen molar-refractivity contribution in [3.63, 3.8) is 0 Å². The maximum atomic E-state index is 12.1. The summed E-state index contributed by atoms with van der Waals surface area (Å²) in [5.41, 5.74) is 2.81. The third-order valence-corrected chi connectivity index (χ3v) is 5.48. The first-order valence-electron chi connectivity index (χ1n) is 10.1. The molecular formula is C24H31NO4. The van der Waals surface area contributed by atoms with Crippen LogP contribution in [-0.4, -0.2) is 33.4 Å². The van der Waals surface area contributed by atoms with Gasteiger partial charge in [0.1, 0.15) is 11.9 Å². The molecule has 1 aromatic carbocycles. The summed E-state index contributed by atoms with van der Waals surface area (Å²) in [6.07, 6.45) is 3.33. The molecule has 5 nitrogen and oxygen atoms in total. The lowest BCUT2D eigenvalue weighted by molar-refractivity contribution is -0.182.